The SMILES string of the molecule is CC[n+]1ccc(/C=C/c2cc(C)c(/C=C/c3cc[n+](CC)cc3)cc2C)cc1. The molecule has 0 fully saturated rings. The molecular formula is C26H30N2+2. The molecule has 3 aromatic rings. The second-order valence-electron chi connectivity index (χ2n) is 7.16. The molecule has 0 saturated heterocycles. The average Bonchev–Trinajstić information content (AvgIpc) is 2.73. The molecule has 0 unspecified atom stereocenters. The van der Waals surface area contributed by atoms with Gasteiger partial charge in [0.1, 0.15) is 13.1 Å². The van der Waals surface area contributed by atoms with Gasteiger partial charge in [-0.15, -0.1) is 0 Å². The molecule has 28 heavy (non-hydrogen) atoms. The summed E-state index contributed by atoms with van der Waals surface area (Å²) < 4.78 is 4.34. The third kappa shape index (κ3) is 5.04. The van der Waals surface area contributed by atoms with Crippen molar-refractivity contribution < 1.29 is 9.13 Å². The molecule has 2 heteroatoms. The minimum absolute atomic E-state index is 0.999. The zero-order chi connectivity index (χ0) is 19.9. The number of aryl methyl sites for hydroxylation is 4. The minimum atomic E-state index is 0.999. The van der Waals surface area contributed by atoms with Crippen LogP contribution in [0.25, 0.3) is 24.3 Å². The maximum Gasteiger partial charge on any atom is 0.169 e. The molecule has 3 rings (SSSR count). The van der Waals surface area contributed by atoms with Gasteiger partial charge >= 0.3 is 0 Å². The van der Waals surface area contributed by atoms with E-state index >= 15 is 0 Å². The van der Waals surface area contributed by atoms with E-state index in [2.05, 4.69) is 122 Å². The van der Waals surface area contributed by atoms with E-state index in [4.69, 9.17) is 0 Å². The van der Waals surface area contributed by atoms with Gasteiger partial charge in [0.15, 0.2) is 24.8 Å². The van der Waals surface area contributed by atoms with Gasteiger partial charge in [-0.05, 0) is 61.1 Å². The van der Waals surface area contributed by atoms with Crippen LogP contribution in [-0.4, -0.2) is 0 Å². The fourth-order valence-electron chi connectivity index (χ4n) is 3.17. The zero-order valence-electron chi connectivity index (χ0n) is 17.4. The Morgan fingerprint density at radius 2 is 0.964 bits per heavy atom. The summed E-state index contributed by atoms with van der Waals surface area (Å²) in [4.78, 5) is 0. The number of hydrogen-bond donors (Lipinski definition) is 0. The first kappa shape index (κ1) is 19.8. The summed E-state index contributed by atoms with van der Waals surface area (Å²) in [6.07, 6.45) is 17.3. The minimum Gasteiger partial charge on any atom is -0.205 e. The second-order valence-corrected chi connectivity index (χ2v) is 7.16. The molecule has 0 N–H and O–H groups in total. The Morgan fingerprint density at radius 3 is 1.29 bits per heavy atom. The molecule has 0 saturated carbocycles. The molecule has 1 aromatic carbocycles. The predicted octanol–water partition coefficient (Wildman–Crippen LogP) is 5.26. The lowest BCUT2D eigenvalue weighted by Crippen LogP contribution is -2.30. The van der Waals surface area contributed by atoms with Crippen LogP contribution in [0.5, 0.6) is 0 Å². The van der Waals surface area contributed by atoms with Crippen LogP contribution in [0.15, 0.2) is 61.2 Å². The summed E-state index contributed by atoms with van der Waals surface area (Å²) in [6.45, 7) is 10.7. The molecule has 0 bridgehead atoms. The monoisotopic (exact) mass is 370 g/mol. The fraction of sp³-hybridized carbons (Fsp3) is 0.231. The Morgan fingerprint density at radius 1 is 0.607 bits per heavy atom. The van der Waals surface area contributed by atoms with Crippen molar-refractivity contribution in [2.24, 2.45) is 0 Å². The Bertz CT molecular complexity index is 895. The van der Waals surface area contributed by atoms with Crippen LogP contribution in [0.1, 0.15) is 47.2 Å². The number of rotatable bonds is 6. The number of pyridine rings is 2. The number of nitrogens with zero attached hydrogens (tertiary/aromatic N) is 2. The smallest absolute Gasteiger partial charge is 0.169 e. The van der Waals surface area contributed by atoms with Crippen LogP contribution >= 0.6 is 0 Å². The summed E-state index contributed by atoms with van der Waals surface area (Å²) in [6, 6.07) is 13.2. The fourth-order valence-corrected chi connectivity index (χ4v) is 3.17. The van der Waals surface area contributed by atoms with Crippen LogP contribution < -0.4 is 9.13 Å². The van der Waals surface area contributed by atoms with Crippen LogP contribution in [0.2, 0.25) is 0 Å². The van der Waals surface area contributed by atoms with Gasteiger partial charge in [-0.2, -0.15) is 0 Å². The van der Waals surface area contributed by atoms with E-state index in [-0.39, 0.29) is 0 Å². The second kappa shape index (κ2) is 9.27. The summed E-state index contributed by atoms with van der Waals surface area (Å²) in [5, 5.41) is 0. The summed E-state index contributed by atoms with van der Waals surface area (Å²) in [5.41, 5.74) is 7.56. The summed E-state index contributed by atoms with van der Waals surface area (Å²) in [7, 11) is 0. The Balaban J connectivity index is 1.77. The quantitative estimate of drug-likeness (QED) is 0.523. The van der Waals surface area contributed by atoms with E-state index < -0.39 is 0 Å². The molecule has 142 valence electrons. The molecule has 0 spiro atoms. The van der Waals surface area contributed by atoms with Gasteiger partial charge in [-0.1, -0.05) is 36.4 Å². The molecule has 0 amide bonds. The van der Waals surface area contributed by atoms with Crippen molar-refractivity contribution in [2.75, 3.05) is 0 Å². The van der Waals surface area contributed by atoms with Crippen molar-refractivity contribution in [1.82, 2.24) is 0 Å². The van der Waals surface area contributed by atoms with Crippen LogP contribution in [0.4, 0.5) is 0 Å². The first-order valence-corrected chi connectivity index (χ1v) is 10.0. The van der Waals surface area contributed by atoms with Gasteiger partial charge in [-0.25, -0.2) is 9.13 Å². The van der Waals surface area contributed by atoms with Crippen molar-refractivity contribution in [3.05, 3.63) is 94.6 Å². The van der Waals surface area contributed by atoms with E-state index in [1.54, 1.807) is 0 Å². The number of aromatic nitrogens is 2. The lowest BCUT2D eigenvalue weighted by Gasteiger charge is -2.07. The van der Waals surface area contributed by atoms with E-state index in [0.717, 1.165) is 13.1 Å². The maximum absolute atomic E-state index is 2.27. The predicted molar refractivity (Wildman–Crippen MR) is 118 cm³/mol. The summed E-state index contributed by atoms with van der Waals surface area (Å²) >= 11 is 0. The highest BCUT2D eigenvalue weighted by Crippen LogP contribution is 2.20. The highest BCUT2D eigenvalue weighted by molar-refractivity contribution is 5.75. The highest BCUT2D eigenvalue weighted by Gasteiger charge is 2.02. The Kier molecular flexibility index (Phi) is 6.54. The molecular weight excluding hydrogens is 340 g/mol. The molecule has 0 aliphatic heterocycles. The Hall–Kier alpha value is -3.00. The van der Waals surface area contributed by atoms with Gasteiger partial charge in [-0.3, -0.25) is 0 Å². The van der Waals surface area contributed by atoms with Gasteiger partial charge < -0.3 is 0 Å². The Labute approximate surface area is 169 Å². The van der Waals surface area contributed by atoms with Crippen LogP contribution in [-0.2, 0) is 13.1 Å². The van der Waals surface area contributed by atoms with Crippen LogP contribution in [0.3, 0.4) is 0 Å². The zero-order valence-corrected chi connectivity index (χ0v) is 17.4. The first-order valence-electron chi connectivity index (χ1n) is 10.0. The van der Waals surface area contributed by atoms with E-state index in [0.29, 0.717) is 0 Å². The first-order chi connectivity index (χ1) is 13.6. The molecule has 0 aliphatic carbocycles. The lowest BCUT2D eigenvalue weighted by molar-refractivity contribution is -0.693. The normalized spacial score (nSPS) is 11.6. The van der Waals surface area contributed by atoms with Crippen molar-refractivity contribution in [3.63, 3.8) is 0 Å². The molecule has 2 heterocycles. The third-order valence-corrected chi connectivity index (χ3v) is 5.13. The summed E-state index contributed by atoms with van der Waals surface area (Å²) in [5.74, 6) is 0. The van der Waals surface area contributed by atoms with Crippen molar-refractivity contribution >= 4 is 24.3 Å². The van der Waals surface area contributed by atoms with Crippen molar-refractivity contribution in [3.8, 4) is 0 Å². The number of hydrogen-bond acceptors (Lipinski definition) is 0. The maximum atomic E-state index is 2.27. The average molecular weight is 371 g/mol. The molecule has 2 nitrogen and oxygen atoms in total. The van der Waals surface area contributed by atoms with Crippen molar-refractivity contribution in [2.45, 2.75) is 40.8 Å². The van der Waals surface area contributed by atoms with Crippen molar-refractivity contribution in [1.29, 1.82) is 0 Å². The van der Waals surface area contributed by atoms with E-state index in [9.17, 15) is 0 Å². The molecule has 2 aromatic heterocycles. The van der Waals surface area contributed by atoms with Gasteiger partial charge in [0.05, 0.1) is 0 Å². The van der Waals surface area contributed by atoms with E-state index in [1.165, 1.54) is 33.4 Å². The standard InChI is InChI=1S/C26H30N2/c1-5-27-15-11-23(12-16-27)7-9-25-19-22(4)26(20-21(25)3)10-8-24-13-17-28(6-2)18-14-24/h7-20H,5-6H2,1-4H3/q+2/b9-7+,10-8+. The van der Waals surface area contributed by atoms with Crippen LogP contribution in [0, 0.1) is 13.8 Å². The van der Waals surface area contributed by atoms with Gasteiger partial charge in [0, 0.05) is 24.3 Å². The molecule has 0 radical (unpaired) electrons. The molecule has 0 aliphatic rings. The highest BCUT2D eigenvalue weighted by atomic mass is 14.9. The largest absolute Gasteiger partial charge is 0.205 e. The van der Waals surface area contributed by atoms with E-state index in [1.807, 2.05) is 0 Å². The third-order valence-electron chi connectivity index (χ3n) is 5.13. The molecule has 0 atom stereocenters. The van der Waals surface area contributed by atoms with Gasteiger partial charge in [0.25, 0.3) is 0 Å². The van der Waals surface area contributed by atoms with Gasteiger partial charge in [0.2, 0.25) is 0 Å². The topological polar surface area (TPSA) is 7.76 Å². The number of benzene rings is 1. The lowest BCUT2D eigenvalue weighted by atomic mass is 9.98.